The first-order valence-electron chi connectivity index (χ1n) is 7.66. The van der Waals surface area contributed by atoms with E-state index in [1.54, 1.807) is 6.20 Å². The minimum atomic E-state index is -0.314. The maximum atomic E-state index is 11.3. The van der Waals surface area contributed by atoms with Gasteiger partial charge in [0.25, 0.3) is 0 Å². The van der Waals surface area contributed by atoms with Crippen molar-refractivity contribution in [2.45, 2.75) is 19.3 Å². The molecule has 0 radical (unpaired) electrons. The van der Waals surface area contributed by atoms with Crippen LogP contribution < -0.4 is 10.2 Å². The van der Waals surface area contributed by atoms with Gasteiger partial charge in [-0.3, -0.25) is 19.3 Å². The van der Waals surface area contributed by atoms with Crippen molar-refractivity contribution in [3.05, 3.63) is 30.1 Å². The van der Waals surface area contributed by atoms with Crippen LogP contribution in [-0.2, 0) is 9.59 Å². The van der Waals surface area contributed by atoms with Gasteiger partial charge in [0.05, 0.1) is 6.20 Å². The molecule has 2 amide bonds. The molecule has 0 aliphatic rings. The van der Waals surface area contributed by atoms with Gasteiger partial charge in [0, 0.05) is 44.8 Å². The van der Waals surface area contributed by atoms with Crippen LogP contribution in [0.15, 0.2) is 24.5 Å². The molecule has 0 saturated carbocycles. The van der Waals surface area contributed by atoms with E-state index < -0.39 is 0 Å². The lowest BCUT2D eigenvalue weighted by atomic mass is 10.2. The molecule has 2 aromatic heterocycles. The lowest BCUT2D eigenvalue weighted by molar-refractivity contribution is -0.125. The topological polar surface area (TPSA) is 86.9 Å². The SMILES string of the molecule is CN(CCC(=O)NC=O)c1cnc2cc(C#CCCCO)ccn12. The summed E-state index contributed by atoms with van der Waals surface area (Å²) in [7, 11) is 1.86. The van der Waals surface area contributed by atoms with Gasteiger partial charge >= 0.3 is 0 Å². The fourth-order valence-electron chi connectivity index (χ4n) is 2.18. The molecule has 0 aliphatic carbocycles. The van der Waals surface area contributed by atoms with Crippen molar-refractivity contribution in [3.8, 4) is 11.8 Å². The number of hydrogen-bond acceptors (Lipinski definition) is 5. The van der Waals surface area contributed by atoms with Crippen LogP contribution >= 0.6 is 0 Å². The summed E-state index contributed by atoms with van der Waals surface area (Å²) in [4.78, 5) is 27.8. The highest BCUT2D eigenvalue weighted by molar-refractivity contribution is 5.86. The summed E-state index contributed by atoms with van der Waals surface area (Å²) in [6, 6.07) is 3.79. The number of hydrogen-bond donors (Lipinski definition) is 2. The average molecular weight is 328 g/mol. The lowest BCUT2D eigenvalue weighted by Gasteiger charge is -2.17. The predicted molar refractivity (Wildman–Crippen MR) is 90.5 cm³/mol. The molecule has 0 bridgehead atoms. The highest BCUT2D eigenvalue weighted by Crippen LogP contribution is 2.16. The Morgan fingerprint density at radius 2 is 2.38 bits per heavy atom. The Balaban J connectivity index is 2.08. The minimum Gasteiger partial charge on any atom is -0.396 e. The maximum Gasteiger partial charge on any atom is 0.228 e. The number of nitrogens with zero attached hydrogens (tertiary/aromatic N) is 3. The van der Waals surface area contributed by atoms with Crippen molar-refractivity contribution in [2.75, 3.05) is 25.1 Å². The number of carbonyl (C=O) groups is 2. The molecule has 2 N–H and O–H groups in total. The fraction of sp³-hybridized carbons (Fsp3) is 0.353. The van der Waals surface area contributed by atoms with Gasteiger partial charge in [0.2, 0.25) is 12.3 Å². The van der Waals surface area contributed by atoms with E-state index in [9.17, 15) is 9.59 Å². The number of imidazole rings is 1. The fourth-order valence-corrected chi connectivity index (χ4v) is 2.18. The molecule has 0 unspecified atom stereocenters. The van der Waals surface area contributed by atoms with E-state index in [1.165, 1.54) is 0 Å². The van der Waals surface area contributed by atoms with Crippen molar-refractivity contribution in [3.63, 3.8) is 0 Å². The monoisotopic (exact) mass is 328 g/mol. The third-order valence-corrected chi connectivity index (χ3v) is 3.47. The molecular formula is C17H20N4O3. The Bertz CT molecular complexity index is 773. The lowest BCUT2D eigenvalue weighted by Crippen LogP contribution is -2.28. The van der Waals surface area contributed by atoms with Crippen LogP contribution in [0.5, 0.6) is 0 Å². The quantitative estimate of drug-likeness (QED) is 0.440. The van der Waals surface area contributed by atoms with Crippen molar-refractivity contribution >= 4 is 23.8 Å². The molecular weight excluding hydrogens is 308 g/mol. The Morgan fingerprint density at radius 3 is 3.12 bits per heavy atom. The summed E-state index contributed by atoms with van der Waals surface area (Å²) in [5.41, 5.74) is 1.63. The van der Waals surface area contributed by atoms with Gasteiger partial charge in [0.15, 0.2) is 0 Å². The number of anilines is 1. The molecule has 2 rings (SSSR count). The number of imide groups is 1. The van der Waals surface area contributed by atoms with Crippen LogP contribution in [0.2, 0.25) is 0 Å². The highest BCUT2D eigenvalue weighted by atomic mass is 16.3. The summed E-state index contributed by atoms with van der Waals surface area (Å²) >= 11 is 0. The average Bonchev–Trinajstić information content (AvgIpc) is 3.00. The molecule has 0 aromatic carbocycles. The smallest absolute Gasteiger partial charge is 0.228 e. The number of aromatic nitrogens is 2. The largest absolute Gasteiger partial charge is 0.396 e. The zero-order chi connectivity index (χ0) is 17.4. The van der Waals surface area contributed by atoms with Crippen molar-refractivity contribution in [1.29, 1.82) is 0 Å². The summed E-state index contributed by atoms with van der Waals surface area (Å²) < 4.78 is 1.91. The Hall–Kier alpha value is -2.85. The zero-order valence-electron chi connectivity index (χ0n) is 13.5. The second-order valence-electron chi connectivity index (χ2n) is 5.25. The third-order valence-electron chi connectivity index (χ3n) is 3.47. The number of pyridine rings is 1. The second-order valence-corrected chi connectivity index (χ2v) is 5.25. The Kier molecular flexibility index (Phi) is 6.34. The van der Waals surface area contributed by atoms with Crippen molar-refractivity contribution < 1.29 is 14.7 Å². The van der Waals surface area contributed by atoms with Gasteiger partial charge in [-0.1, -0.05) is 11.8 Å². The van der Waals surface area contributed by atoms with Gasteiger partial charge in [-0.15, -0.1) is 0 Å². The number of unbranched alkanes of at least 4 members (excludes halogenated alkanes) is 1. The molecule has 2 aromatic rings. The molecule has 0 fully saturated rings. The first-order chi connectivity index (χ1) is 11.7. The number of aliphatic hydroxyl groups excluding tert-OH is 1. The predicted octanol–water partition coefficient (Wildman–Crippen LogP) is 0.557. The van der Waals surface area contributed by atoms with Crippen LogP contribution in [0.3, 0.4) is 0 Å². The van der Waals surface area contributed by atoms with E-state index >= 15 is 0 Å². The maximum absolute atomic E-state index is 11.3. The van der Waals surface area contributed by atoms with E-state index in [4.69, 9.17) is 5.11 Å². The van der Waals surface area contributed by atoms with Crippen LogP contribution in [0.25, 0.3) is 5.65 Å². The Labute approximate surface area is 140 Å². The zero-order valence-corrected chi connectivity index (χ0v) is 13.5. The van der Waals surface area contributed by atoms with Crippen LogP contribution in [0, 0.1) is 11.8 Å². The number of amides is 2. The van der Waals surface area contributed by atoms with Crippen LogP contribution in [0.1, 0.15) is 24.8 Å². The summed E-state index contributed by atoms with van der Waals surface area (Å²) in [5, 5.41) is 10.9. The Morgan fingerprint density at radius 1 is 1.54 bits per heavy atom. The van der Waals surface area contributed by atoms with Gasteiger partial charge in [-0.05, 0) is 18.6 Å². The van der Waals surface area contributed by atoms with Crippen molar-refractivity contribution in [1.82, 2.24) is 14.7 Å². The van der Waals surface area contributed by atoms with Gasteiger partial charge in [-0.25, -0.2) is 4.98 Å². The number of fused-ring (bicyclic) bond motifs is 1. The van der Waals surface area contributed by atoms with Crippen LogP contribution in [-0.4, -0.2) is 47.0 Å². The number of nitrogens with one attached hydrogen (secondary N) is 1. The molecule has 126 valence electrons. The third kappa shape index (κ3) is 4.57. The molecule has 24 heavy (non-hydrogen) atoms. The molecule has 7 nitrogen and oxygen atoms in total. The highest BCUT2D eigenvalue weighted by Gasteiger charge is 2.10. The van der Waals surface area contributed by atoms with E-state index in [-0.39, 0.29) is 18.9 Å². The number of aliphatic hydroxyl groups is 1. The standard InChI is InChI=1S/C17H20N4O3/c1-20(8-7-16(24)19-13-23)17-12-18-15-11-14(6-9-21(15)17)5-3-2-4-10-22/h6,9,11-13,22H,2,4,7-8,10H2,1H3,(H,19,23,24). The minimum absolute atomic E-state index is 0.147. The van der Waals surface area contributed by atoms with Gasteiger partial charge < -0.3 is 10.0 Å². The molecule has 0 aliphatic heterocycles. The second kappa shape index (κ2) is 8.70. The van der Waals surface area contributed by atoms with E-state index in [0.29, 0.717) is 25.8 Å². The van der Waals surface area contributed by atoms with E-state index in [2.05, 4.69) is 22.1 Å². The first-order valence-corrected chi connectivity index (χ1v) is 7.66. The molecule has 0 spiro atoms. The summed E-state index contributed by atoms with van der Waals surface area (Å²) in [6.45, 7) is 0.616. The normalized spacial score (nSPS) is 10.1. The summed E-state index contributed by atoms with van der Waals surface area (Å²) in [5.74, 6) is 6.60. The molecule has 0 saturated heterocycles. The van der Waals surface area contributed by atoms with Gasteiger partial charge in [0.1, 0.15) is 11.5 Å². The number of rotatable bonds is 7. The number of carbonyl (C=O) groups excluding carboxylic acids is 2. The first kappa shape index (κ1) is 17.5. The summed E-state index contributed by atoms with van der Waals surface area (Å²) in [6.07, 6.45) is 5.56. The van der Waals surface area contributed by atoms with E-state index in [1.807, 2.05) is 34.7 Å². The van der Waals surface area contributed by atoms with Crippen molar-refractivity contribution in [2.24, 2.45) is 0 Å². The van der Waals surface area contributed by atoms with E-state index in [0.717, 1.165) is 17.0 Å². The molecule has 2 heterocycles. The molecule has 7 heteroatoms. The van der Waals surface area contributed by atoms with Crippen LogP contribution in [0.4, 0.5) is 5.82 Å². The molecule has 0 atom stereocenters. The van der Waals surface area contributed by atoms with Gasteiger partial charge in [-0.2, -0.15) is 0 Å².